The normalized spacial score (nSPS) is 22.7. The number of alkyl halides is 3. The van der Waals surface area contributed by atoms with Crippen LogP contribution in [0.5, 0.6) is 5.75 Å². The number of nitrogens with two attached hydrogens (primary N) is 1. The molecule has 0 aliphatic carbocycles. The Bertz CT molecular complexity index is 655. The second-order valence-corrected chi connectivity index (χ2v) is 7.55. The van der Waals surface area contributed by atoms with E-state index in [-0.39, 0.29) is 29.9 Å². The van der Waals surface area contributed by atoms with Crippen LogP contribution in [0.1, 0.15) is 19.8 Å². The largest absolute Gasteiger partial charge is 0.573 e. The number of ether oxygens (including phenoxy) is 1. The Hall–Kier alpha value is -1.03. The molecule has 1 aromatic carbocycles. The van der Waals surface area contributed by atoms with Gasteiger partial charge in [-0.1, -0.05) is 13.0 Å². The Morgan fingerprint density at radius 3 is 2.62 bits per heavy atom. The summed E-state index contributed by atoms with van der Waals surface area (Å²) in [5.41, 5.74) is 5.66. The Balaban J connectivity index is 0.00000288. The molecule has 24 heavy (non-hydrogen) atoms. The van der Waals surface area contributed by atoms with Crippen molar-refractivity contribution in [2.45, 2.75) is 37.1 Å². The molecule has 138 valence electrons. The fourth-order valence-corrected chi connectivity index (χ4v) is 4.42. The first-order chi connectivity index (χ1) is 10.6. The third kappa shape index (κ3) is 4.98. The monoisotopic (exact) mass is 388 g/mol. The first-order valence-electron chi connectivity index (χ1n) is 7.21. The Morgan fingerprint density at radius 1 is 1.38 bits per heavy atom. The van der Waals surface area contributed by atoms with E-state index >= 15 is 0 Å². The van der Waals surface area contributed by atoms with E-state index in [4.69, 9.17) is 5.73 Å². The van der Waals surface area contributed by atoms with Gasteiger partial charge in [0.25, 0.3) is 0 Å². The van der Waals surface area contributed by atoms with Crippen molar-refractivity contribution in [3.63, 3.8) is 0 Å². The summed E-state index contributed by atoms with van der Waals surface area (Å²) < 4.78 is 67.4. The number of hydrogen-bond acceptors (Lipinski definition) is 4. The van der Waals surface area contributed by atoms with Gasteiger partial charge < -0.3 is 10.5 Å². The number of rotatable bonds is 4. The Morgan fingerprint density at radius 2 is 2.04 bits per heavy atom. The lowest BCUT2D eigenvalue weighted by molar-refractivity contribution is -0.274. The molecular weight excluding hydrogens is 369 g/mol. The summed E-state index contributed by atoms with van der Waals surface area (Å²) >= 11 is 0. The molecule has 1 aliphatic heterocycles. The molecule has 2 unspecified atom stereocenters. The minimum Gasteiger partial charge on any atom is -0.406 e. The topological polar surface area (TPSA) is 72.6 Å². The molecule has 10 heteroatoms. The van der Waals surface area contributed by atoms with Crippen LogP contribution in [-0.2, 0) is 10.0 Å². The van der Waals surface area contributed by atoms with Crippen LogP contribution in [0, 0.1) is 5.92 Å². The van der Waals surface area contributed by atoms with Crippen LogP contribution in [0.3, 0.4) is 0 Å². The molecule has 0 amide bonds. The quantitative estimate of drug-likeness (QED) is 0.860. The van der Waals surface area contributed by atoms with E-state index < -0.39 is 22.1 Å². The highest BCUT2D eigenvalue weighted by molar-refractivity contribution is 7.89. The molecule has 5 nitrogen and oxygen atoms in total. The van der Waals surface area contributed by atoms with Gasteiger partial charge in [-0.05, 0) is 30.9 Å². The minimum atomic E-state index is -4.87. The van der Waals surface area contributed by atoms with E-state index in [1.807, 2.05) is 6.92 Å². The van der Waals surface area contributed by atoms with Crippen LogP contribution in [0.4, 0.5) is 13.2 Å². The smallest absolute Gasteiger partial charge is 0.406 e. The highest BCUT2D eigenvalue weighted by Crippen LogP contribution is 2.30. The van der Waals surface area contributed by atoms with Crippen molar-refractivity contribution in [2.75, 3.05) is 13.1 Å². The van der Waals surface area contributed by atoms with E-state index in [0.717, 1.165) is 12.1 Å². The summed E-state index contributed by atoms with van der Waals surface area (Å²) in [6.45, 7) is 2.49. The predicted molar refractivity (Wildman–Crippen MR) is 85.5 cm³/mol. The highest BCUT2D eigenvalue weighted by Gasteiger charge is 2.36. The van der Waals surface area contributed by atoms with Gasteiger partial charge in [0.2, 0.25) is 10.0 Å². The van der Waals surface area contributed by atoms with E-state index in [2.05, 4.69) is 4.74 Å². The molecule has 0 radical (unpaired) electrons. The van der Waals surface area contributed by atoms with Crippen LogP contribution in [0.2, 0.25) is 0 Å². The van der Waals surface area contributed by atoms with Crippen molar-refractivity contribution < 1.29 is 26.3 Å². The molecule has 1 aromatic rings. The number of benzene rings is 1. The lowest BCUT2D eigenvalue weighted by atomic mass is 9.94. The first kappa shape index (κ1) is 21.0. The zero-order valence-corrected chi connectivity index (χ0v) is 14.6. The Labute approximate surface area is 145 Å². The fourth-order valence-electron chi connectivity index (χ4n) is 2.73. The molecule has 2 N–H and O–H groups in total. The van der Waals surface area contributed by atoms with Gasteiger partial charge in [-0.3, -0.25) is 0 Å². The molecule has 1 fully saturated rings. The molecule has 1 aliphatic rings. The summed E-state index contributed by atoms with van der Waals surface area (Å²) in [5.74, 6) is -0.205. The maximum absolute atomic E-state index is 12.7. The van der Waals surface area contributed by atoms with Crippen molar-refractivity contribution in [1.82, 2.24) is 4.31 Å². The predicted octanol–water partition coefficient (Wildman–Crippen LogP) is 2.75. The second kappa shape index (κ2) is 7.90. The number of sulfonamides is 1. The number of halogens is 4. The molecular formula is C14H20ClF3N2O3S. The average Bonchev–Trinajstić information content (AvgIpc) is 2.45. The van der Waals surface area contributed by atoms with Crippen LogP contribution < -0.4 is 10.5 Å². The van der Waals surface area contributed by atoms with E-state index in [0.29, 0.717) is 25.3 Å². The van der Waals surface area contributed by atoms with Gasteiger partial charge in [-0.2, -0.15) is 4.31 Å². The zero-order chi connectivity index (χ0) is 17.3. The summed E-state index contributed by atoms with van der Waals surface area (Å²) in [4.78, 5) is -0.229. The lowest BCUT2D eigenvalue weighted by Crippen LogP contribution is -2.49. The van der Waals surface area contributed by atoms with Gasteiger partial charge in [0.15, 0.2) is 0 Å². The van der Waals surface area contributed by atoms with Crippen LogP contribution >= 0.6 is 12.4 Å². The van der Waals surface area contributed by atoms with Gasteiger partial charge >= 0.3 is 6.36 Å². The third-order valence-electron chi connectivity index (χ3n) is 3.84. The Kier molecular flexibility index (Phi) is 6.92. The van der Waals surface area contributed by atoms with Crippen molar-refractivity contribution >= 4 is 22.4 Å². The second-order valence-electron chi connectivity index (χ2n) is 5.66. The van der Waals surface area contributed by atoms with Crippen molar-refractivity contribution in [2.24, 2.45) is 11.7 Å². The van der Waals surface area contributed by atoms with Gasteiger partial charge in [-0.15, -0.1) is 25.6 Å². The zero-order valence-electron chi connectivity index (χ0n) is 13.0. The fraction of sp³-hybridized carbons (Fsp3) is 0.571. The maximum Gasteiger partial charge on any atom is 0.573 e. The highest BCUT2D eigenvalue weighted by atomic mass is 35.5. The number of hydrogen-bond donors (Lipinski definition) is 1. The van der Waals surface area contributed by atoms with Gasteiger partial charge in [0, 0.05) is 25.2 Å². The van der Waals surface area contributed by atoms with E-state index in [9.17, 15) is 21.6 Å². The molecule has 2 atom stereocenters. The SMILES string of the molecule is CC1CCN(S(=O)(=O)c2cccc(OC(F)(F)F)c2)C(CN)C1.Cl. The van der Waals surface area contributed by atoms with Gasteiger partial charge in [0.1, 0.15) is 5.75 Å². The molecule has 1 saturated heterocycles. The first-order valence-corrected chi connectivity index (χ1v) is 8.65. The molecule has 0 spiro atoms. The molecule has 0 saturated carbocycles. The maximum atomic E-state index is 12.7. The standard InChI is InChI=1S/C14H19F3N2O3S.ClH/c1-10-5-6-19(11(7-10)9-18)23(20,21)13-4-2-3-12(8-13)22-14(15,16)17;/h2-4,8,10-11H,5-7,9,18H2,1H3;1H. The summed E-state index contributed by atoms with van der Waals surface area (Å²) in [5, 5.41) is 0. The number of piperidine rings is 1. The summed E-state index contributed by atoms with van der Waals surface area (Å²) in [7, 11) is -3.92. The van der Waals surface area contributed by atoms with Crippen molar-refractivity contribution in [3.05, 3.63) is 24.3 Å². The van der Waals surface area contributed by atoms with Gasteiger partial charge in [-0.25, -0.2) is 8.42 Å². The van der Waals surface area contributed by atoms with Crippen molar-refractivity contribution in [1.29, 1.82) is 0 Å². The van der Waals surface area contributed by atoms with E-state index in [1.54, 1.807) is 0 Å². The average molecular weight is 389 g/mol. The molecule has 0 aromatic heterocycles. The summed E-state index contributed by atoms with van der Waals surface area (Å²) in [6, 6.07) is 4.07. The minimum absolute atomic E-state index is 0. The van der Waals surface area contributed by atoms with Crippen LogP contribution in [-0.4, -0.2) is 38.2 Å². The van der Waals surface area contributed by atoms with Crippen LogP contribution in [0.25, 0.3) is 0 Å². The molecule has 2 rings (SSSR count). The van der Waals surface area contributed by atoms with Crippen LogP contribution in [0.15, 0.2) is 29.2 Å². The third-order valence-corrected chi connectivity index (χ3v) is 5.79. The summed E-state index contributed by atoms with van der Waals surface area (Å²) in [6.07, 6.45) is -3.55. The lowest BCUT2D eigenvalue weighted by Gasteiger charge is -2.36. The van der Waals surface area contributed by atoms with Crippen molar-refractivity contribution in [3.8, 4) is 5.75 Å². The molecule has 0 bridgehead atoms. The van der Waals surface area contributed by atoms with E-state index in [1.165, 1.54) is 16.4 Å². The molecule has 1 heterocycles. The number of nitrogens with zero attached hydrogens (tertiary/aromatic N) is 1. The van der Waals surface area contributed by atoms with Gasteiger partial charge in [0.05, 0.1) is 4.90 Å².